The summed E-state index contributed by atoms with van der Waals surface area (Å²) in [5.41, 5.74) is 5.34. The number of sulfonamides is 1. The molecular weight excluding hydrogens is 459 g/mol. The summed E-state index contributed by atoms with van der Waals surface area (Å²) in [6, 6.07) is 14.7. The standard InChI is InChI=1S/C24H27FN4O4S/c1-5-33-21-12-10-20(11-13-21)28(34(4,31)32)16-24(30)27-26-15-19-14-17(2)29(18(19)3)23-9-7-6-8-22(23)25/h6-15H,5,16H2,1-4H3,(H,27,30)/b26-15+. The average molecular weight is 487 g/mol. The first kappa shape index (κ1) is 25.0. The first-order chi connectivity index (χ1) is 16.1. The number of benzene rings is 2. The summed E-state index contributed by atoms with van der Waals surface area (Å²) in [5, 5.41) is 3.97. The second-order valence-electron chi connectivity index (χ2n) is 7.60. The fraction of sp³-hybridized carbons (Fsp3) is 0.250. The van der Waals surface area contributed by atoms with Gasteiger partial charge in [0.25, 0.3) is 5.91 Å². The zero-order valence-corrected chi connectivity index (χ0v) is 20.3. The maximum absolute atomic E-state index is 14.2. The fourth-order valence-corrected chi connectivity index (χ4v) is 4.39. The minimum atomic E-state index is -3.72. The van der Waals surface area contributed by atoms with Gasteiger partial charge in [0, 0.05) is 17.0 Å². The van der Waals surface area contributed by atoms with Crippen molar-refractivity contribution in [3.05, 3.63) is 77.4 Å². The lowest BCUT2D eigenvalue weighted by Crippen LogP contribution is -2.39. The van der Waals surface area contributed by atoms with Gasteiger partial charge < -0.3 is 9.30 Å². The van der Waals surface area contributed by atoms with Gasteiger partial charge in [-0.15, -0.1) is 0 Å². The molecule has 10 heteroatoms. The number of halogens is 1. The summed E-state index contributed by atoms with van der Waals surface area (Å²) >= 11 is 0. The number of amides is 1. The van der Waals surface area contributed by atoms with Crippen molar-refractivity contribution in [2.24, 2.45) is 5.10 Å². The van der Waals surface area contributed by atoms with Crippen LogP contribution in [0.4, 0.5) is 10.1 Å². The van der Waals surface area contributed by atoms with E-state index in [0.717, 1.165) is 21.9 Å². The van der Waals surface area contributed by atoms with E-state index in [-0.39, 0.29) is 5.82 Å². The van der Waals surface area contributed by atoms with Gasteiger partial charge in [-0.05, 0) is 63.2 Å². The Bertz CT molecular complexity index is 1300. The Morgan fingerprint density at radius 2 is 1.85 bits per heavy atom. The minimum absolute atomic E-state index is 0.332. The van der Waals surface area contributed by atoms with E-state index >= 15 is 0 Å². The van der Waals surface area contributed by atoms with E-state index in [4.69, 9.17) is 4.74 Å². The maximum Gasteiger partial charge on any atom is 0.260 e. The highest BCUT2D eigenvalue weighted by atomic mass is 32.2. The highest BCUT2D eigenvalue weighted by Crippen LogP contribution is 2.23. The lowest BCUT2D eigenvalue weighted by Gasteiger charge is -2.21. The van der Waals surface area contributed by atoms with Gasteiger partial charge in [0.15, 0.2) is 0 Å². The van der Waals surface area contributed by atoms with Gasteiger partial charge in [0.1, 0.15) is 18.1 Å². The van der Waals surface area contributed by atoms with Crippen LogP contribution in [0.2, 0.25) is 0 Å². The normalized spacial score (nSPS) is 11.6. The molecule has 1 amide bonds. The molecule has 8 nitrogen and oxygen atoms in total. The maximum atomic E-state index is 14.2. The van der Waals surface area contributed by atoms with Gasteiger partial charge in [0.2, 0.25) is 10.0 Å². The van der Waals surface area contributed by atoms with Crippen molar-refractivity contribution in [2.75, 3.05) is 23.7 Å². The van der Waals surface area contributed by atoms with Crippen LogP contribution in [0.5, 0.6) is 5.75 Å². The van der Waals surface area contributed by atoms with E-state index in [1.807, 2.05) is 26.8 Å². The first-order valence-corrected chi connectivity index (χ1v) is 12.4. The van der Waals surface area contributed by atoms with Crippen LogP contribution in [0, 0.1) is 19.7 Å². The van der Waals surface area contributed by atoms with Crippen LogP contribution in [0.25, 0.3) is 5.69 Å². The van der Waals surface area contributed by atoms with Crippen molar-refractivity contribution in [1.82, 2.24) is 9.99 Å². The Morgan fingerprint density at radius 3 is 2.47 bits per heavy atom. The average Bonchev–Trinajstić information content (AvgIpc) is 3.06. The number of aryl methyl sites for hydroxylation is 1. The van der Waals surface area contributed by atoms with Gasteiger partial charge in [0.05, 0.1) is 30.5 Å². The van der Waals surface area contributed by atoms with Crippen molar-refractivity contribution in [2.45, 2.75) is 20.8 Å². The molecule has 0 spiro atoms. The molecule has 1 N–H and O–H groups in total. The highest BCUT2D eigenvalue weighted by molar-refractivity contribution is 7.92. The molecule has 0 fully saturated rings. The van der Waals surface area contributed by atoms with E-state index in [9.17, 15) is 17.6 Å². The third-order valence-corrected chi connectivity index (χ3v) is 6.22. The summed E-state index contributed by atoms with van der Waals surface area (Å²) < 4.78 is 46.9. The number of carbonyl (C=O) groups excluding carboxylic acids is 1. The Balaban J connectivity index is 1.73. The number of rotatable bonds is 9. The molecule has 0 aliphatic rings. The second-order valence-corrected chi connectivity index (χ2v) is 9.51. The summed E-state index contributed by atoms with van der Waals surface area (Å²) in [6.07, 6.45) is 2.47. The van der Waals surface area contributed by atoms with Crippen LogP contribution >= 0.6 is 0 Å². The molecule has 0 saturated carbocycles. The SMILES string of the molecule is CCOc1ccc(N(CC(=O)N/N=C/c2cc(C)n(-c3ccccc3F)c2C)S(C)(=O)=O)cc1. The van der Waals surface area contributed by atoms with E-state index < -0.39 is 22.5 Å². The summed E-state index contributed by atoms with van der Waals surface area (Å²) in [5.74, 6) is -0.364. The van der Waals surface area contributed by atoms with Crippen LogP contribution in [-0.4, -0.2) is 44.5 Å². The Kier molecular flexibility index (Phi) is 7.72. The number of carbonyl (C=O) groups is 1. The molecule has 0 aliphatic carbocycles. The predicted molar refractivity (Wildman–Crippen MR) is 131 cm³/mol. The van der Waals surface area contributed by atoms with Crippen LogP contribution < -0.4 is 14.5 Å². The van der Waals surface area contributed by atoms with Gasteiger partial charge in [-0.1, -0.05) is 12.1 Å². The van der Waals surface area contributed by atoms with E-state index in [2.05, 4.69) is 10.5 Å². The summed E-state index contributed by atoms with van der Waals surface area (Å²) in [4.78, 5) is 12.4. The van der Waals surface area contributed by atoms with Crippen LogP contribution in [0.1, 0.15) is 23.9 Å². The molecular formula is C24H27FN4O4S. The molecule has 0 unspecified atom stereocenters. The van der Waals surface area contributed by atoms with Crippen molar-refractivity contribution in [1.29, 1.82) is 0 Å². The van der Waals surface area contributed by atoms with Gasteiger partial charge in [-0.25, -0.2) is 18.2 Å². The molecule has 0 radical (unpaired) electrons. The molecule has 180 valence electrons. The van der Waals surface area contributed by atoms with E-state index in [1.165, 1.54) is 12.3 Å². The lowest BCUT2D eigenvalue weighted by molar-refractivity contribution is -0.119. The number of aromatic nitrogens is 1. The first-order valence-electron chi connectivity index (χ1n) is 10.6. The third kappa shape index (κ3) is 5.82. The summed E-state index contributed by atoms with van der Waals surface area (Å²) in [6.45, 7) is 5.55. The largest absolute Gasteiger partial charge is 0.494 e. The number of nitrogens with one attached hydrogen (secondary N) is 1. The highest BCUT2D eigenvalue weighted by Gasteiger charge is 2.21. The van der Waals surface area contributed by atoms with Crippen molar-refractivity contribution < 1.29 is 22.3 Å². The van der Waals surface area contributed by atoms with Crippen LogP contribution in [-0.2, 0) is 14.8 Å². The molecule has 0 aliphatic heterocycles. The quantitative estimate of drug-likeness (QED) is 0.370. The van der Waals surface area contributed by atoms with Crippen LogP contribution in [0.15, 0.2) is 59.7 Å². The van der Waals surface area contributed by atoms with Crippen molar-refractivity contribution in [3.63, 3.8) is 0 Å². The van der Waals surface area contributed by atoms with Crippen molar-refractivity contribution in [3.8, 4) is 11.4 Å². The molecule has 3 rings (SSSR count). The van der Waals surface area contributed by atoms with Gasteiger partial charge in [-0.2, -0.15) is 5.10 Å². The topological polar surface area (TPSA) is 93.0 Å². The summed E-state index contributed by atoms with van der Waals surface area (Å²) in [7, 11) is -3.72. The van der Waals surface area contributed by atoms with Gasteiger partial charge >= 0.3 is 0 Å². The molecule has 0 saturated heterocycles. The van der Waals surface area contributed by atoms with E-state index in [1.54, 1.807) is 47.0 Å². The number of hydrogen-bond donors (Lipinski definition) is 1. The Morgan fingerprint density at radius 1 is 1.18 bits per heavy atom. The molecule has 1 aromatic heterocycles. The van der Waals surface area contributed by atoms with Gasteiger partial charge in [-0.3, -0.25) is 9.10 Å². The Hall–Kier alpha value is -3.66. The number of nitrogens with zero attached hydrogens (tertiary/aromatic N) is 3. The van der Waals surface area contributed by atoms with Crippen LogP contribution in [0.3, 0.4) is 0 Å². The molecule has 2 aromatic carbocycles. The molecule has 1 heterocycles. The molecule has 34 heavy (non-hydrogen) atoms. The minimum Gasteiger partial charge on any atom is -0.494 e. The number of ether oxygens (including phenoxy) is 1. The number of para-hydroxylation sites is 1. The lowest BCUT2D eigenvalue weighted by atomic mass is 10.2. The van der Waals surface area contributed by atoms with Crippen molar-refractivity contribution >= 4 is 27.8 Å². The predicted octanol–water partition coefficient (Wildman–Crippen LogP) is 3.55. The zero-order chi connectivity index (χ0) is 24.9. The molecule has 0 atom stereocenters. The number of hydrogen-bond acceptors (Lipinski definition) is 5. The van der Waals surface area contributed by atoms with E-state index in [0.29, 0.717) is 29.3 Å². The monoisotopic (exact) mass is 486 g/mol. The Labute approximate surface area is 198 Å². The number of hydrazone groups is 1. The zero-order valence-electron chi connectivity index (χ0n) is 19.4. The number of anilines is 1. The molecule has 0 bridgehead atoms. The third-order valence-electron chi connectivity index (χ3n) is 5.08. The fourth-order valence-electron chi connectivity index (χ4n) is 3.54. The second kappa shape index (κ2) is 10.5. The molecule has 3 aromatic rings. The smallest absolute Gasteiger partial charge is 0.260 e.